The van der Waals surface area contributed by atoms with Crippen LogP contribution in [0.1, 0.15) is 22.9 Å². The Kier molecular flexibility index (Phi) is 3.75. The van der Waals surface area contributed by atoms with Gasteiger partial charge in [0.2, 0.25) is 5.75 Å². The molecule has 1 unspecified atom stereocenters. The first-order chi connectivity index (χ1) is 10.3. The average molecular weight is 289 g/mol. The topological polar surface area (TPSA) is 52.9 Å². The summed E-state index contributed by atoms with van der Waals surface area (Å²) < 4.78 is 22.1. The minimum absolute atomic E-state index is 0.0430. The largest absolute Gasteiger partial charge is 0.493 e. The van der Waals surface area contributed by atoms with E-state index in [2.05, 4.69) is 5.32 Å². The predicted molar refractivity (Wildman–Crippen MR) is 78.4 cm³/mol. The summed E-state index contributed by atoms with van der Waals surface area (Å²) in [6, 6.07) is 5.83. The zero-order valence-corrected chi connectivity index (χ0v) is 12.4. The lowest BCUT2D eigenvalue weighted by molar-refractivity contribution is 0.315. The molecule has 1 aromatic carbocycles. The van der Waals surface area contributed by atoms with E-state index in [0.29, 0.717) is 17.2 Å². The van der Waals surface area contributed by atoms with E-state index < -0.39 is 0 Å². The number of rotatable bonds is 4. The fourth-order valence-electron chi connectivity index (χ4n) is 2.90. The summed E-state index contributed by atoms with van der Waals surface area (Å²) in [6.07, 6.45) is 2.59. The van der Waals surface area contributed by atoms with Crippen molar-refractivity contribution in [2.45, 2.75) is 12.5 Å². The van der Waals surface area contributed by atoms with Gasteiger partial charge in [-0.2, -0.15) is 0 Å². The van der Waals surface area contributed by atoms with Crippen LogP contribution in [-0.4, -0.2) is 27.9 Å². The Hall–Kier alpha value is -2.14. The zero-order chi connectivity index (χ0) is 14.8. The summed E-state index contributed by atoms with van der Waals surface area (Å²) in [5.74, 6) is 2.86. The maximum absolute atomic E-state index is 5.62. The molecule has 2 aromatic rings. The van der Waals surface area contributed by atoms with Crippen LogP contribution < -0.4 is 19.5 Å². The molecule has 1 N–H and O–H groups in total. The maximum atomic E-state index is 5.62. The predicted octanol–water partition coefficient (Wildman–Crippen LogP) is 2.54. The van der Waals surface area contributed by atoms with E-state index in [1.165, 1.54) is 5.56 Å². The van der Waals surface area contributed by atoms with Gasteiger partial charge >= 0.3 is 0 Å². The number of fused-ring (bicyclic) bond motifs is 1. The highest BCUT2D eigenvalue weighted by molar-refractivity contribution is 5.61. The van der Waals surface area contributed by atoms with Crippen LogP contribution in [0, 0.1) is 0 Å². The average Bonchev–Trinajstić information content (AvgIpc) is 3.06. The highest BCUT2D eigenvalue weighted by atomic mass is 16.5. The molecule has 1 aromatic heterocycles. The normalized spacial score (nSPS) is 17.2. The second-order valence-corrected chi connectivity index (χ2v) is 4.87. The number of nitrogens with one attached hydrogen (secondary N) is 1. The van der Waals surface area contributed by atoms with Gasteiger partial charge in [-0.05, 0) is 30.2 Å². The Morgan fingerprint density at radius 2 is 1.95 bits per heavy atom. The van der Waals surface area contributed by atoms with Gasteiger partial charge in [-0.25, -0.2) is 0 Å². The number of hydrogen-bond acceptors (Lipinski definition) is 5. The van der Waals surface area contributed by atoms with E-state index in [-0.39, 0.29) is 6.04 Å². The van der Waals surface area contributed by atoms with E-state index in [1.807, 2.05) is 18.2 Å². The fourth-order valence-corrected chi connectivity index (χ4v) is 2.90. The Morgan fingerprint density at radius 1 is 1.14 bits per heavy atom. The smallest absolute Gasteiger partial charge is 0.203 e. The molecule has 0 radical (unpaired) electrons. The molecule has 1 atom stereocenters. The van der Waals surface area contributed by atoms with E-state index in [4.69, 9.17) is 18.6 Å². The Balaban J connectivity index is 2.21. The van der Waals surface area contributed by atoms with Crippen molar-refractivity contribution in [1.82, 2.24) is 5.32 Å². The molecule has 0 bridgehead atoms. The fraction of sp³-hybridized carbons (Fsp3) is 0.375. The first-order valence-corrected chi connectivity index (χ1v) is 6.88. The first kappa shape index (κ1) is 13.8. The van der Waals surface area contributed by atoms with Crippen LogP contribution in [0.25, 0.3) is 0 Å². The molecule has 0 fully saturated rings. The molecule has 0 amide bonds. The molecular weight excluding hydrogens is 270 g/mol. The molecular formula is C16H19NO4. The minimum atomic E-state index is -0.0430. The van der Waals surface area contributed by atoms with E-state index in [1.54, 1.807) is 27.6 Å². The number of methoxy groups -OCH3 is 3. The highest BCUT2D eigenvalue weighted by Crippen LogP contribution is 2.46. The van der Waals surface area contributed by atoms with Gasteiger partial charge in [-0.3, -0.25) is 0 Å². The van der Waals surface area contributed by atoms with Crippen molar-refractivity contribution in [3.8, 4) is 17.2 Å². The summed E-state index contributed by atoms with van der Waals surface area (Å²) in [5, 5.41) is 3.47. The molecule has 5 heteroatoms. The molecule has 112 valence electrons. The van der Waals surface area contributed by atoms with Crippen molar-refractivity contribution in [2.75, 3.05) is 27.9 Å². The second-order valence-electron chi connectivity index (χ2n) is 4.87. The molecule has 1 aliphatic heterocycles. The lowest BCUT2D eigenvalue weighted by Crippen LogP contribution is -2.31. The van der Waals surface area contributed by atoms with Gasteiger partial charge < -0.3 is 23.9 Å². The van der Waals surface area contributed by atoms with E-state index in [0.717, 1.165) is 24.3 Å². The van der Waals surface area contributed by atoms with Crippen LogP contribution in [0.2, 0.25) is 0 Å². The highest BCUT2D eigenvalue weighted by Gasteiger charge is 2.31. The van der Waals surface area contributed by atoms with Crippen LogP contribution >= 0.6 is 0 Å². The third-order valence-corrected chi connectivity index (χ3v) is 3.81. The van der Waals surface area contributed by atoms with Crippen molar-refractivity contribution >= 4 is 0 Å². The summed E-state index contributed by atoms with van der Waals surface area (Å²) in [6.45, 7) is 0.872. The second kappa shape index (κ2) is 5.69. The van der Waals surface area contributed by atoms with Crippen molar-refractivity contribution < 1.29 is 18.6 Å². The number of ether oxygens (including phenoxy) is 3. The number of hydrogen-bond donors (Lipinski definition) is 1. The standard InChI is InChI=1S/C16H19NO4/c1-18-12-9-10-6-7-17-14(11-5-4-8-21-11)13(10)16(20-3)15(12)19-2/h4-5,8-9,14,17H,6-7H2,1-3H3. The third-order valence-electron chi connectivity index (χ3n) is 3.81. The minimum Gasteiger partial charge on any atom is -0.493 e. The maximum Gasteiger partial charge on any atom is 0.203 e. The molecule has 0 saturated heterocycles. The zero-order valence-electron chi connectivity index (χ0n) is 12.4. The number of benzene rings is 1. The van der Waals surface area contributed by atoms with Crippen LogP contribution in [0.4, 0.5) is 0 Å². The van der Waals surface area contributed by atoms with E-state index >= 15 is 0 Å². The van der Waals surface area contributed by atoms with Gasteiger partial charge in [0.05, 0.1) is 33.6 Å². The molecule has 0 saturated carbocycles. The molecule has 3 rings (SSSR count). The van der Waals surface area contributed by atoms with Crippen molar-refractivity contribution in [3.05, 3.63) is 41.3 Å². The van der Waals surface area contributed by atoms with Gasteiger partial charge in [0.15, 0.2) is 11.5 Å². The van der Waals surface area contributed by atoms with Crippen molar-refractivity contribution in [1.29, 1.82) is 0 Å². The molecule has 5 nitrogen and oxygen atoms in total. The van der Waals surface area contributed by atoms with Gasteiger partial charge in [-0.15, -0.1) is 0 Å². The van der Waals surface area contributed by atoms with Gasteiger partial charge in [0.25, 0.3) is 0 Å². The third kappa shape index (κ3) is 2.23. The first-order valence-electron chi connectivity index (χ1n) is 6.88. The summed E-state index contributed by atoms with van der Waals surface area (Å²) in [4.78, 5) is 0. The van der Waals surface area contributed by atoms with Gasteiger partial charge in [0, 0.05) is 12.1 Å². The van der Waals surface area contributed by atoms with E-state index in [9.17, 15) is 0 Å². The molecule has 0 spiro atoms. The van der Waals surface area contributed by atoms with Crippen LogP contribution in [0.15, 0.2) is 28.9 Å². The van der Waals surface area contributed by atoms with Crippen LogP contribution in [0.5, 0.6) is 17.2 Å². The van der Waals surface area contributed by atoms with Crippen molar-refractivity contribution in [3.63, 3.8) is 0 Å². The quantitative estimate of drug-likeness (QED) is 0.937. The van der Waals surface area contributed by atoms with Crippen molar-refractivity contribution in [2.24, 2.45) is 0 Å². The van der Waals surface area contributed by atoms with Gasteiger partial charge in [-0.1, -0.05) is 0 Å². The summed E-state index contributed by atoms with van der Waals surface area (Å²) >= 11 is 0. The lowest BCUT2D eigenvalue weighted by atomic mass is 9.91. The van der Waals surface area contributed by atoms with Crippen LogP contribution in [0.3, 0.4) is 0 Å². The molecule has 1 aliphatic rings. The lowest BCUT2D eigenvalue weighted by Gasteiger charge is -2.29. The SMILES string of the molecule is COc1cc2c(c(OC)c1OC)C(c1ccco1)NCC2. The Bertz CT molecular complexity index is 622. The molecule has 2 heterocycles. The monoisotopic (exact) mass is 289 g/mol. The van der Waals surface area contributed by atoms with Gasteiger partial charge in [0.1, 0.15) is 5.76 Å². The molecule has 0 aliphatic carbocycles. The molecule has 21 heavy (non-hydrogen) atoms. The Labute approximate surface area is 123 Å². The van der Waals surface area contributed by atoms with Crippen LogP contribution in [-0.2, 0) is 6.42 Å². The summed E-state index contributed by atoms with van der Waals surface area (Å²) in [7, 11) is 4.89. The Morgan fingerprint density at radius 3 is 2.57 bits per heavy atom. The number of furan rings is 1. The summed E-state index contributed by atoms with van der Waals surface area (Å²) in [5.41, 5.74) is 2.24.